The van der Waals surface area contributed by atoms with Gasteiger partial charge < -0.3 is 5.11 Å². The standard InChI is InChI=1S/C10H11ClF3NO/c1-15(6-10(12,13)14)5-7-8(11)3-2-4-9(7)16/h2-4,16H,5-6H2,1H3. The lowest BCUT2D eigenvalue weighted by atomic mass is 10.2. The summed E-state index contributed by atoms with van der Waals surface area (Å²) in [5, 5.41) is 9.70. The Kier molecular flexibility index (Phi) is 4.04. The predicted molar refractivity (Wildman–Crippen MR) is 55.5 cm³/mol. The molecule has 0 spiro atoms. The summed E-state index contributed by atoms with van der Waals surface area (Å²) in [4.78, 5) is 1.04. The van der Waals surface area contributed by atoms with Crippen LogP contribution in [0.15, 0.2) is 18.2 Å². The minimum Gasteiger partial charge on any atom is -0.508 e. The van der Waals surface area contributed by atoms with Gasteiger partial charge in [-0.1, -0.05) is 17.7 Å². The molecule has 0 saturated heterocycles. The summed E-state index contributed by atoms with van der Waals surface area (Å²) in [6.45, 7) is -1.09. The number of alkyl halides is 3. The van der Waals surface area contributed by atoms with Gasteiger partial charge in [0.15, 0.2) is 0 Å². The average Bonchev–Trinajstić information content (AvgIpc) is 2.08. The fourth-order valence-corrected chi connectivity index (χ4v) is 1.56. The summed E-state index contributed by atoms with van der Waals surface area (Å²) in [5.41, 5.74) is 0.302. The van der Waals surface area contributed by atoms with Crippen LogP contribution in [0.25, 0.3) is 0 Å². The first-order valence-electron chi connectivity index (χ1n) is 4.51. The molecule has 0 saturated carbocycles. The summed E-state index contributed by atoms with van der Waals surface area (Å²) in [6, 6.07) is 4.45. The minimum absolute atomic E-state index is 0.0506. The Balaban J connectivity index is 2.73. The highest BCUT2D eigenvalue weighted by atomic mass is 35.5. The van der Waals surface area contributed by atoms with E-state index in [4.69, 9.17) is 11.6 Å². The zero-order valence-electron chi connectivity index (χ0n) is 8.55. The van der Waals surface area contributed by atoms with Crippen LogP contribution < -0.4 is 0 Å². The van der Waals surface area contributed by atoms with Crippen molar-refractivity contribution in [3.05, 3.63) is 28.8 Å². The molecule has 0 atom stereocenters. The van der Waals surface area contributed by atoms with Crippen molar-refractivity contribution >= 4 is 11.6 Å². The van der Waals surface area contributed by atoms with Gasteiger partial charge in [0.2, 0.25) is 0 Å². The predicted octanol–water partition coefficient (Wildman–Crippen LogP) is 3.04. The van der Waals surface area contributed by atoms with E-state index in [1.54, 1.807) is 0 Å². The van der Waals surface area contributed by atoms with Crippen LogP contribution in [0.4, 0.5) is 13.2 Å². The second-order valence-corrected chi connectivity index (χ2v) is 3.93. The fourth-order valence-electron chi connectivity index (χ4n) is 1.34. The van der Waals surface area contributed by atoms with Crippen molar-refractivity contribution in [1.82, 2.24) is 4.90 Å². The highest BCUT2D eigenvalue weighted by Gasteiger charge is 2.29. The molecule has 1 rings (SSSR count). The molecule has 2 nitrogen and oxygen atoms in total. The lowest BCUT2D eigenvalue weighted by Gasteiger charge is -2.19. The molecular weight excluding hydrogens is 243 g/mol. The Labute approximate surface area is 96.2 Å². The quantitative estimate of drug-likeness (QED) is 0.895. The largest absolute Gasteiger partial charge is 0.508 e. The van der Waals surface area contributed by atoms with Gasteiger partial charge in [-0.3, -0.25) is 4.90 Å². The number of hydrogen-bond acceptors (Lipinski definition) is 2. The van der Waals surface area contributed by atoms with Crippen LogP contribution in [0.5, 0.6) is 5.75 Å². The van der Waals surface area contributed by atoms with Crippen LogP contribution in [0, 0.1) is 0 Å². The summed E-state index contributed by atoms with van der Waals surface area (Å²) in [5.74, 6) is -0.0958. The molecular formula is C10H11ClF3NO. The van der Waals surface area contributed by atoms with Crippen molar-refractivity contribution < 1.29 is 18.3 Å². The monoisotopic (exact) mass is 253 g/mol. The molecule has 1 aromatic carbocycles. The number of nitrogens with zero attached hydrogens (tertiary/aromatic N) is 1. The van der Waals surface area contributed by atoms with Gasteiger partial charge in [0.1, 0.15) is 5.75 Å². The number of halogens is 4. The van der Waals surface area contributed by atoms with Crippen molar-refractivity contribution in [3.8, 4) is 5.75 Å². The van der Waals surface area contributed by atoms with Gasteiger partial charge in [0.05, 0.1) is 6.54 Å². The first-order valence-corrected chi connectivity index (χ1v) is 4.89. The number of benzene rings is 1. The van der Waals surface area contributed by atoms with Crippen molar-refractivity contribution in [3.63, 3.8) is 0 Å². The van der Waals surface area contributed by atoms with Crippen LogP contribution in [-0.2, 0) is 6.54 Å². The molecule has 6 heteroatoms. The van der Waals surface area contributed by atoms with E-state index in [0.29, 0.717) is 5.56 Å². The van der Waals surface area contributed by atoms with Gasteiger partial charge >= 0.3 is 6.18 Å². The van der Waals surface area contributed by atoms with Crippen molar-refractivity contribution in [2.45, 2.75) is 12.7 Å². The second kappa shape index (κ2) is 4.93. The third-order valence-corrected chi connectivity index (χ3v) is 2.33. The Bertz CT molecular complexity index is 347. The average molecular weight is 254 g/mol. The molecule has 90 valence electrons. The number of hydrogen-bond donors (Lipinski definition) is 1. The number of phenols is 1. The maximum atomic E-state index is 12.1. The molecule has 0 heterocycles. The minimum atomic E-state index is -4.26. The first-order chi connectivity index (χ1) is 7.29. The zero-order chi connectivity index (χ0) is 12.3. The Morgan fingerprint density at radius 3 is 2.50 bits per heavy atom. The summed E-state index contributed by atoms with van der Waals surface area (Å²) in [6.07, 6.45) is -4.26. The van der Waals surface area contributed by atoms with E-state index in [1.807, 2.05) is 0 Å². The van der Waals surface area contributed by atoms with Gasteiger partial charge in [-0.05, 0) is 19.2 Å². The fraction of sp³-hybridized carbons (Fsp3) is 0.400. The number of rotatable bonds is 3. The molecule has 0 fully saturated rings. The van der Waals surface area contributed by atoms with Crippen LogP contribution in [0.1, 0.15) is 5.56 Å². The Hall–Kier alpha value is -0.940. The van der Waals surface area contributed by atoms with Gasteiger partial charge in [0.25, 0.3) is 0 Å². The number of phenolic OH excluding ortho intramolecular Hbond substituents is 1. The third kappa shape index (κ3) is 3.90. The molecule has 0 aliphatic carbocycles. The molecule has 1 aromatic rings. The van der Waals surface area contributed by atoms with Gasteiger partial charge in [0, 0.05) is 17.1 Å². The van der Waals surface area contributed by atoms with Crippen molar-refractivity contribution in [2.75, 3.05) is 13.6 Å². The topological polar surface area (TPSA) is 23.5 Å². The van der Waals surface area contributed by atoms with E-state index in [1.165, 1.54) is 25.2 Å². The smallest absolute Gasteiger partial charge is 0.401 e. The highest BCUT2D eigenvalue weighted by Crippen LogP contribution is 2.27. The number of aromatic hydroxyl groups is 1. The Morgan fingerprint density at radius 1 is 1.38 bits per heavy atom. The highest BCUT2D eigenvalue weighted by molar-refractivity contribution is 6.31. The van der Waals surface area contributed by atoms with Crippen LogP contribution in [0.2, 0.25) is 5.02 Å². The van der Waals surface area contributed by atoms with E-state index in [-0.39, 0.29) is 17.3 Å². The maximum absolute atomic E-state index is 12.1. The van der Waals surface area contributed by atoms with E-state index in [0.717, 1.165) is 4.90 Å². The van der Waals surface area contributed by atoms with Gasteiger partial charge in [-0.15, -0.1) is 0 Å². The lowest BCUT2D eigenvalue weighted by molar-refractivity contribution is -0.144. The maximum Gasteiger partial charge on any atom is 0.401 e. The van der Waals surface area contributed by atoms with Crippen LogP contribution >= 0.6 is 11.6 Å². The third-order valence-electron chi connectivity index (χ3n) is 1.97. The molecule has 0 radical (unpaired) electrons. The SMILES string of the molecule is CN(Cc1c(O)cccc1Cl)CC(F)(F)F. The molecule has 16 heavy (non-hydrogen) atoms. The molecule has 0 aliphatic rings. The summed E-state index contributed by atoms with van der Waals surface area (Å²) >= 11 is 5.78. The first kappa shape index (κ1) is 13.1. The summed E-state index contributed by atoms with van der Waals surface area (Å²) < 4.78 is 36.2. The zero-order valence-corrected chi connectivity index (χ0v) is 9.31. The van der Waals surface area contributed by atoms with E-state index < -0.39 is 12.7 Å². The molecule has 1 N–H and O–H groups in total. The molecule has 0 amide bonds. The summed E-state index contributed by atoms with van der Waals surface area (Å²) in [7, 11) is 1.32. The van der Waals surface area contributed by atoms with Crippen molar-refractivity contribution in [1.29, 1.82) is 0 Å². The van der Waals surface area contributed by atoms with Crippen LogP contribution in [-0.4, -0.2) is 29.8 Å². The van der Waals surface area contributed by atoms with Gasteiger partial charge in [-0.25, -0.2) is 0 Å². The molecule has 0 aliphatic heterocycles. The molecule has 0 bridgehead atoms. The molecule has 0 unspecified atom stereocenters. The van der Waals surface area contributed by atoms with Crippen molar-refractivity contribution in [2.24, 2.45) is 0 Å². The van der Waals surface area contributed by atoms with E-state index in [2.05, 4.69) is 0 Å². The lowest BCUT2D eigenvalue weighted by Crippen LogP contribution is -2.30. The molecule has 0 aromatic heterocycles. The Morgan fingerprint density at radius 2 is 2.00 bits per heavy atom. The van der Waals surface area contributed by atoms with E-state index >= 15 is 0 Å². The van der Waals surface area contributed by atoms with Crippen LogP contribution in [0.3, 0.4) is 0 Å². The normalized spacial score (nSPS) is 12.1. The second-order valence-electron chi connectivity index (χ2n) is 3.52. The van der Waals surface area contributed by atoms with E-state index in [9.17, 15) is 18.3 Å². The van der Waals surface area contributed by atoms with Gasteiger partial charge in [-0.2, -0.15) is 13.2 Å².